The van der Waals surface area contributed by atoms with E-state index in [0.29, 0.717) is 11.4 Å². The van der Waals surface area contributed by atoms with Crippen LogP contribution in [0.3, 0.4) is 0 Å². The van der Waals surface area contributed by atoms with E-state index in [1.165, 1.54) is 12.2 Å². The second-order valence-corrected chi connectivity index (χ2v) is 5.08. The zero-order valence-corrected chi connectivity index (χ0v) is 11.8. The van der Waals surface area contributed by atoms with Crippen molar-refractivity contribution in [1.29, 1.82) is 0 Å². The van der Waals surface area contributed by atoms with Gasteiger partial charge in [-0.05, 0) is 43.0 Å². The summed E-state index contributed by atoms with van der Waals surface area (Å²) in [6.07, 6.45) is 2.84. The summed E-state index contributed by atoms with van der Waals surface area (Å²) < 4.78 is 5.30. The molecule has 6 heteroatoms. The average Bonchev–Trinajstić information content (AvgIpc) is 2.94. The fourth-order valence-corrected chi connectivity index (χ4v) is 2.47. The Labute approximate surface area is 119 Å². The van der Waals surface area contributed by atoms with Crippen LogP contribution in [0.2, 0.25) is 0 Å². The molecule has 0 aromatic carbocycles. The van der Waals surface area contributed by atoms with Gasteiger partial charge in [-0.15, -0.1) is 11.3 Å². The third-order valence-corrected chi connectivity index (χ3v) is 3.66. The second kappa shape index (κ2) is 5.75. The Morgan fingerprint density at radius 1 is 1.35 bits per heavy atom. The highest BCUT2D eigenvalue weighted by molar-refractivity contribution is 7.12. The van der Waals surface area contributed by atoms with Gasteiger partial charge in [-0.2, -0.15) is 0 Å². The van der Waals surface area contributed by atoms with E-state index in [2.05, 4.69) is 5.32 Å². The molecule has 104 valence electrons. The average molecular weight is 291 g/mol. The molecule has 0 fully saturated rings. The number of anilines is 1. The summed E-state index contributed by atoms with van der Waals surface area (Å²) in [6.45, 7) is 3.56. The SMILES string of the molecule is Cc1ccc(/C=C/C(=O)Nc2c(C)csc2C(=O)O)o1. The zero-order chi connectivity index (χ0) is 14.7. The fourth-order valence-electron chi connectivity index (χ4n) is 1.62. The highest BCUT2D eigenvalue weighted by Gasteiger charge is 2.16. The van der Waals surface area contributed by atoms with Crippen LogP contribution in [0.15, 0.2) is 28.0 Å². The van der Waals surface area contributed by atoms with E-state index in [1.54, 1.807) is 24.4 Å². The molecule has 1 amide bonds. The number of furan rings is 1. The molecule has 0 aliphatic heterocycles. The molecule has 2 heterocycles. The van der Waals surface area contributed by atoms with Crippen LogP contribution in [0.1, 0.15) is 26.8 Å². The molecular weight excluding hydrogens is 278 g/mol. The smallest absolute Gasteiger partial charge is 0.348 e. The van der Waals surface area contributed by atoms with Gasteiger partial charge in [0.1, 0.15) is 16.4 Å². The number of thiophene rings is 1. The summed E-state index contributed by atoms with van der Waals surface area (Å²) in [5.74, 6) is -0.128. The number of carboxylic acids is 1. The first-order chi connectivity index (χ1) is 9.47. The molecule has 20 heavy (non-hydrogen) atoms. The Hall–Kier alpha value is -2.34. The van der Waals surface area contributed by atoms with E-state index in [4.69, 9.17) is 9.52 Å². The van der Waals surface area contributed by atoms with Crippen LogP contribution < -0.4 is 5.32 Å². The van der Waals surface area contributed by atoms with Gasteiger partial charge in [0.25, 0.3) is 0 Å². The second-order valence-electron chi connectivity index (χ2n) is 4.20. The van der Waals surface area contributed by atoms with Gasteiger partial charge in [-0.3, -0.25) is 4.79 Å². The minimum Gasteiger partial charge on any atom is -0.477 e. The lowest BCUT2D eigenvalue weighted by atomic mass is 10.2. The standard InChI is InChI=1S/C14H13NO4S/c1-8-7-20-13(14(17)18)12(8)15-11(16)6-5-10-4-3-9(2)19-10/h3-7H,1-2H3,(H,15,16)(H,17,18)/b6-5+. The molecule has 0 saturated heterocycles. The number of hydrogen-bond donors (Lipinski definition) is 2. The molecule has 0 saturated carbocycles. The van der Waals surface area contributed by atoms with Crippen molar-refractivity contribution < 1.29 is 19.1 Å². The van der Waals surface area contributed by atoms with Crippen LogP contribution in [0.25, 0.3) is 6.08 Å². The van der Waals surface area contributed by atoms with Gasteiger partial charge in [0.2, 0.25) is 5.91 Å². The molecule has 0 bridgehead atoms. The number of carbonyl (C=O) groups excluding carboxylic acids is 1. The van der Waals surface area contributed by atoms with E-state index >= 15 is 0 Å². The lowest BCUT2D eigenvalue weighted by Gasteiger charge is -2.02. The van der Waals surface area contributed by atoms with Crippen molar-refractivity contribution in [2.75, 3.05) is 5.32 Å². The number of nitrogens with one attached hydrogen (secondary N) is 1. The Kier molecular flexibility index (Phi) is 4.05. The van der Waals surface area contributed by atoms with Crippen molar-refractivity contribution in [3.8, 4) is 0 Å². The van der Waals surface area contributed by atoms with E-state index in [9.17, 15) is 9.59 Å². The Balaban J connectivity index is 2.10. The highest BCUT2D eigenvalue weighted by Crippen LogP contribution is 2.27. The molecule has 2 N–H and O–H groups in total. The molecule has 0 atom stereocenters. The minimum absolute atomic E-state index is 0.123. The van der Waals surface area contributed by atoms with E-state index < -0.39 is 11.9 Å². The zero-order valence-electron chi connectivity index (χ0n) is 11.0. The van der Waals surface area contributed by atoms with Crippen molar-refractivity contribution in [3.63, 3.8) is 0 Å². The van der Waals surface area contributed by atoms with Crippen molar-refractivity contribution in [2.45, 2.75) is 13.8 Å². The maximum atomic E-state index is 11.8. The first kappa shape index (κ1) is 14.1. The van der Waals surface area contributed by atoms with E-state index in [1.807, 2.05) is 6.92 Å². The van der Waals surface area contributed by atoms with Crippen molar-refractivity contribution >= 4 is 35.0 Å². The maximum absolute atomic E-state index is 11.8. The number of rotatable bonds is 4. The van der Waals surface area contributed by atoms with Gasteiger partial charge in [0.15, 0.2) is 0 Å². The molecule has 5 nitrogen and oxygen atoms in total. The molecule has 0 unspecified atom stereocenters. The van der Waals surface area contributed by atoms with Gasteiger partial charge in [-0.25, -0.2) is 4.79 Å². The summed E-state index contributed by atoms with van der Waals surface area (Å²) in [7, 11) is 0. The number of amides is 1. The highest BCUT2D eigenvalue weighted by atomic mass is 32.1. The van der Waals surface area contributed by atoms with Gasteiger partial charge >= 0.3 is 5.97 Å². The molecule has 2 aromatic heterocycles. The predicted octanol–water partition coefficient (Wildman–Crippen LogP) is 3.31. The number of carbonyl (C=O) groups is 2. The van der Waals surface area contributed by atoms with Crippen LogP contribution in [0, 0.1) is 13.8 Å². The van der Waals surface area contributed by atoms with Gasteiger partial charge < -0.3 is 14.8 Å². The van der Waals surface area contributed by atoms with Gasteiger partial charge in [0, 0.05) is 6.08 Å². The monoisotopic (exact) mass is 291 g/mol. The first-order valence-corrected chi connectivity index (χ1v) is 6.72. The summed E-state index contributed by atoms with van der Waals surface area (Å²) >= 11 is 1.09. The molecule has 2 rings (SSSR count). The van der Waals surface area contributed by atoms with Crippen LogP contribution in [0.5, 0.6) is 0 Å². The Morgan fingerprint density at radius 3 is 2.70 bits per heavy atom. The van der Waals surface area contributed by atoms with Crippen molar-refractivity contribution in [3.05, 3.63) is 45.5 Å². The normalized spacial score (nSPS) is 10.9. The first-order valence-electron chi connectivity index (χ1n) is 5.84. The largest absolute Gasteiger partial charge is 0.477 e. The summed E-state index contributed by atoms with van der Waals surface area (Å²) in [5.41, 5.74) is 1.07. The summed E-state index contributed by atoms with van der Waals surface area (Å²) in [6, 6.07) is 3.54. The fraction of sp³-hybridized carbons (Fsp3) is 0.143. The van der Waals surface area contributed by atoms with Gasteiger partial charge in [0.05, 0.1) is 5.69 Å². The lowest BCUT2D eigenvalue weighted by Crippen LogP contribution is -2.11. The van der Waals surface area contributed by atoms with Crippen LogP contribution >= 0.6 is 11.3 Å². The Bertz CT molecular complexity index is 681. The number of aryl methyl sites for hydroxylation is 2. The summed E-state index contributed by atoms with van der Waals surface area (Å²) in [4.78, 5) is 22.9. The van der Waals surface area contributed by atoms with Crippen molar-refractivity contribution in [2.24, 2.45) is 0 Å². The molecule has 0 aliphatic rings. The van der Waals surface area contributed by atoms with Crippen molar-refractivity contribution in [1.82, 2.24) is 0 Å². The third kappa shape index (κ3) is 3.16. The van der Waals surface area contributed by atoms with Crippen LogP contribution in [-0.4, -0.2) is 17.0 Å². The minimum atomic E-state index is -1.05. The van der Waals surface area contributed by atoms with E-state index in [0.717, 1.165) is 22.7 Å². The maximum Gasteiger partial charge on any atom is 0.348 e. The number of aromatic carboxylic acids is 1. The summed E-state index contributed by atoms with van der Waals surface area (Å²) in [5, 5.41) is 13.3. The number of hydrogen-bond acceptors (Lipinski definition) is 4. The van der Waals surface area contributed by atoms with Crippen LogP contribution in [0.4, 0.5) is 5.69 Å². The lowest BCUT2D eigenvalue weighted by molar-refractivity contribution is -0.111. The molecule has 0 aliphatic carbocycles. The van der Waals surface area contributed by atoms with E-state index in [-0.39, 0.29) is 4.88 Å². The molecule has 0 spiro atoms. The quantitative estimate of drug-likeness (QED) is 0.847. The molecule has 2 aromatic rings. The third-order valence-electron chi connectivity index (χ3n) is 2.58. The molecular formula is C14H13NO4S. The predicted molar refractivity (Wildman–Crippen MR) is 77.1 cm³/mol. The topological polar surface area (TPSA) is 79.5 Å². The number of carboxylic acid groups (broad SMARTS) is 1. The van der Waals surface area contributed by atoms with Gasteiger partial charge in [-0.1, -0.05) is 0 Å². The van der Waals surface area contributed by atoms with Crippen LogP contribution in [-0.2, 0) is 4.79 Å². The Morgan fingerprint density at radius 2 is 2.10 bits per heavy atom. The molecule has 0 radical (unpaired) electrons.